The zero-order valence-electron chi connectivity index (χ0n) is 28.7. The summed E-state index contributed by atoms with van der Waals surface area (Å²) in [6.45, 7) is 0. The van der Waals surface area contributed by atoms with Crippen LogP contribution in [0.4, 0.5) is 17.1 Å². The van der Waals surface area contributed by atoms with Crippen LogP contribution in [-0.2, 0) is 0 Å². The quantitative estimate of drug-likeness (QED) is 0.166. The largest absolute Gasteiger partial charge is 0.436 e. The summed E-state index contributed by atoms with van der Waals surface area (Å²) in [7, 11) is 0. The maximum absolute atomic E-state index is 6.21. The summed E-state index contributed by atoms with van der Waals surface area (Å²) in [5, 5.41) is 2.43. The Hall–Kier alpha value is -6.75. The van der Waals surface area contributed by atoms with Gasteiger partial charge in [0.05, 0.1) is 0 Å². The Labute approximate surface area is 311 Å². The fraction of sp³-hybridized carbons (Fsp3) is 0. The van der Waals surface area contributed by atoms with E-state index in [9.17, 15) is 0 Å². The van der Waals surface area contributed by atoms with Crippen molar-refractivity contribution in [3.05, 3.63) is 194 Å². The van der Waals surface area contributed by atoms with Crippen LogP contribution in [0.5, 0.6) is 0 Å². The summed E-state index contributed by atoms with van der Waals surface area (Å²) < 4.78 is 8.67. The van der Waals surface area contributed by atoms with Crippen LogP contribution in [0.15, 0.2) is 199 Å². The minimum Gasteiger partial charge on any atom is -0.436 e. The molecule has 0 N–H and O–H groups in total. The molecule has 3 nitrogen and oxygen atoms in total. The van der Waals surface area contributed by atoms with Gasteiger partial charge in [-0.25, -0.2) is 4.98 Å². The second-order valence-corrected chi connectivity index (χ2v) is 14.3. The molecule has 8 aromatic carbocycles. The molecule has 10 aromatic rings. The van der Waals surface area contributed by atoms with Gasteiger partial charge in [-0.15, -0.1) is 11.3 Å². The molecule has 0 unspecified atom stereocenters. The predicted octanol–water partition coefficient (Wildman–Crippen LogP) is 14.3. The third-order valence-electron chi connectivity index (χ3n) is 9.91. The van der Waals surface area contributed by atoms with Crippen LogP contribution in [0, 0.1) is 0 Å². The molecule has 0 aliphatic heterocycles. The van der Waals surface area contributed by atoms with Gasteiger partial charge in [-0.1, -0.05) is 127 Å². The minimum atomic E-state index is 0.653. The molecule has 2 heterocycles. The molecule has 0 atom stereocenters. The van der Waals surface area contributed by atoms with Gasteiger partial charge in [0, 0.05) is 42.8 Å². The Morgan fingerprint density at radius 3 is 1.55 bits per heavy atom. The lowest BCUT2D eigenvalue weighted by molar-refractivity contribution is 0.620. The van der Waals surface area contributed by atoms with Crippen LogP contribution in [-0.4, -0.2) is 4.98 Å². The van der Waals surface area contributed by atoms with Gasteiger partial charge in [0.15, 0.2) is 5.58 Å². The lowest BCUT2D eigenvalue weighted by Crippen LogP contribution is -2.10. The Morgan fingerprint density at radius 2 is 0.887 bits per heavy atom. The molecule has 0 amide bonds. The SMILES string of the molecule is c1ccc(-c2ccc(N(c3ccc(-c4ccc5c(c4)sc4cc6nc(-c7ccccc7)oc6cc45)cc3)c3cccc(-c4ccccc4)c3)cc2)cc1. The van der Waals surface area contributed by atoms with Crippen LogP contribution in [0.25, 0.3) is 76.1 Å². The molecule has 250 valence electrons. The Kier molecular flexibility index (Phi) is 7.67. The normalized spacial score (nSPS) is 11.4. The van der Waals surface area contributed by atoms with E-state index >= 15 is 0 Å². The summed E-state index contributed by atoms with van der Waals surface area (Å²) in [5.74, 6) is 0.653. The van der Waals surface area contributed by atoms with Crippen molar-refractivity contribution in [2.24, 2.45) is 0 Å². The number of anilines is 3. The molecule has 2 aromatic heterocycles. The van der Waals surface area contributed by atoms with Gasteiger partial charge in [0.25, 0.3) is 0 Å². The maximum Gasteiger partial charge on any atom is 0.227 e. The van der Waals surface area contributed by atoms with Gasteiger partial charge >= 0.3 is 0 Å². The molecule has 0 saturated heterocycles. The van der Waals surface area contributed by atoms with E-state index in [0.29, 0.717) is 5.89 Å². The van der Waals surface area contributed by atoms with Crippen LogP contribution in [0.1, 0.15) is 0 Å². The van der Waals surface area contributed by atoms with Gasteiger partial charge in [-0.3, -0.25) is 0 Å². The summed E-state index contributed by atoms with van der Waals surface area (Å²) in [4.78, 5) is 7.15. The monoisotopic (exact) mass is 696 g/mol. The Morgan fingerprint density at radius 1 is 0.377 bits per heavy atom. The van der Waals surface area contributed by atoms with Gasteiger partial charge in [-0.05, 0) is 100 Å². The summed E-state index contributed by atoms with van der Waals surface area (Å²) in [6, 6.07) is 68.8. The second kappa shape index (κ2) is 13.1. The zero-order chi connectivity index (χ0) is 35.1. The molecule has 0 fully saturated rings. The molecule has 4 heteroatoms. The number of oxazole rings is 1. The van der Waals surface area contributed by atoms with Crippen molar-refractivity contribution in [3.8, 4) is 44.8 Å². The molecule has 0 radical (unpaired) electrons. The number of hydrogen-bond acceptors (Lipinski definition) is 4. The van der Waals surface area contributed by atoms with Gasteiger partial charge in [0.1, 0.15) is 5.52 Å². The van der Waals surface area contributed by atoms with E-state index in [1.165, 1.54) is 53.6 Å². The van der Waals surface area contributed by atoms with E-state index < -0.39 is 0 Å². The lowest BCUT2D eigenvalue weighted by Gasteiger charge is -2.26. The number of thiophene rings is 1. The number of rotatable bonds is 7. The third kappa shape index (κ3) is 5.85. The van der Waals surface area contributed by atoms with Gasteiger partial charge in [0.2, 0.25) is 5.89 Å². The molecular formula is C49H32N2OS. The average Bonchev–Trinajstić information content (AvgIpc) is 3.82. The first-order valence-corrected chi connectivity index (χ1v) is 18.6. The molecule has 0 spiro atoms. The summed E-state index contributed by atoms with van der Waals surface area (Å²) >= 11 is 1.80. The molecule has 0 bridgehead atoms. The molecule has 0 saturated carbocycles. The van der Waals surface area contributed by atoms with Crippen molar-refractivity contribution >= 4 is 59.7 Å². The van der Waals surface area contributed by atoms with Crippen LogP contribution in [0.2, 0.25) is 0 Å². The Bertz CT molecular complexity index is 2860. The molecular weight excluding hydrogens is 665 g/mol. The number of benzene rings is 8. The van der Waals surface area contributed by atoms with Gasteiger partial charge < -0.3 is 9.32 Å². The van der Waals surface area contributed by atoms with Crippen molar-refractivity contribution in [3.63, 3.8) is 0 Å². The van der Waals surface area contributed by atoms with Crippen LogP contribution >= 0.6 is 11.3 Å². The highest BCUT2D eigenvalue weighted by Gasteiger charge is 2.16. The minimum absolute atomic E-state index is 0.653. The number of hydrogen-bond donors (Lipinski definition) is 0. The first-order valence-electron chi connectivity index (χ1n) is 17.8. The number of aromatic nitrogens is 1. The zero-order valence-corrected chi connectivity index (χ0v) is 29.5. The van der Waals surface area contributed by atoms with Gasteiger partial charge in [-0.2, -0.15) is 0 Å². The maximum atomic E-state index is 6.21. The lowest BCUT2D eigenvalue weighted by atomic mass is 10.0. The number of fused-ring (bicyclic) bond motifs is 4. The van der Waals surface area contributed by atoms with E-state index in [4.69, 9.17) is 9.40 Å². The van der Waals surface area contributed by atoms with Crippen molar-refractivity contribution in [1.82, 2.24) is 4.98 Å². The first kappa shape index (κ1) is 31.0. The van der Waals surface area contributed by atoms with Crippen molar-refractivity contribution < 1.29 is 4.42 Å². The highest BCUT2D eigenvalue weighted by atomic mass is 32.1. The third-order valence-corrected chi connectivity index (χ3v) is 11.0. The topological polar surface area (TPSA) is 29.3 Å². The van der Waals surface area contributed by atoms with Crippen LogP contribution < -0.4 is 4.90 Å². The summed E-state index contributed by atoms with van der Waals surface area (Å²) in [6.07, 6.45) is 0. The van der Waals surface area contributed by atoms with E-state index in [-0.39, 0.29) is 0 Å². The molecule has 0 aliphatic carbocycles. The predicted molar refractivity (Wildman–Crippen MR) is 223 cm³/mol. The van der Waals surface area contributed by atoms with E-state index in [1.807, 2.05) is 30.3 Å². The first-order chi connectivity index (χ1) is 26.2. The molecule has 0 aliphatic rings. The fourth-order valence-corrected chi connectivity index (χ4v) is 8.38. The molecule has 10 rings (SSSR count). The highest BCUT2D eigenvalue weighted by molar-refractivity contribution is 7.25. The highest BCUT2D eigenvalue weighted by Crippen LogP contribution is 2.41. The second-order valence-electron chi connectivity index (χ2n) is 13.2. The van der Waals surface area contributed by atoms with E-state index in [0.717, 1.165) is 33.7 Å². The van der Waals surface area contributed by atoms with Crippen molar-refractivity contribution in [2.75, 3.05) is 4.90 Å². The van der Waals surface area contributed by atoms with E-state index in [1.54, 1.807) is 11.3 Å². The van der Waals surface area contributed by atoms with Crippen LogP contribution in [0.3, 0.4) is 0 Å². The number of nitrogens with zero attached hydrogens (tertiary/aromatic N) is 2. The summed E-state index contributed by atoms with van der Waals surface area (Å²) in [5.41, 5.74) is 13.1. The van der Waals surface area contributed by atoms with Crippen molar-refractivity contribution in [2.45, 2.75) is 0 Å². The standard InChI is InChI=1S/C49H32N2OS/c1-4-11-33(12-5-1)35-19-24-40(25-20-35)51(42-18-10-17-38(29-42)34-13-6-2-7-14-34)41-26-21-36(22-27-41)39-23-28-43-44-31-46-45(32-48(44)53-47(43)30-39)50-49(52-46)37-15-8-3-9-16-37/h1-32H. The Balaban J connectivity index is 1.00. The van der Waals surface area contributed by atoms with Crippen molar-refractivity contribution in [1.29, 1.82) is 0 Å². The smallest absolute Gasteiger partial charge is 0.227 e. The molecule has 53 heavy (non-hydrogen) atoms. The average molecular weight is 697 g/mol. The fourth-order valence-electron chi connectivity index (χ4n) is 7.22. The van der Waals surface area contributed by atoms with E-state index in [2.05, 4.69) is 169 Å².